The number of likely N-dealkylation sites (N-methyl/N-ethyl adjacent to an activating group) is 2. The topological polar surface area (TPSA) is 77.9 Å². The van der Waals surface area contributed by atoms with Crippen molar-refractivity contribution in [1.29, 1.82) is 0 Å². The fourth-order valence-corrected chi connectivity index (χ4v) is 1.39. The number of aromatic carboxylic acids is 1. The van der Waals surface area contributed by atoms with E-state index in [1.165, 1.54) is 41.1 Å². The Morgan fingerprint density at radius 1 is 1.00 bits per heavy atom. The van der Waals surface area contributed by atoms with E-state index in [1.54, 1.807) is 14.1 Å². The molecule has 2 amide bonds. The van der Waals surface area contributed by atoms with Gasteiger partial charge in [-0.05, 0) is 24.3 Å². The second-order valence-electron chi connectivity index (χ2n) is 4.33. The van der Waals surface area contributed by atoms with Crippen molar-refractivity contribution in [3.05, 3.63) is 35.4 Å². The van der Waals surface area contributed by atoms with Gasteiger partial charge in [0.2, 0.25) is 5.91 Å². The van der Waals surface area contributed by atoms with Crippen molar-refractivity contribution in [2.45, 2.75) is 0 Å². The summed E-state index contributed by atoms with van der Waals surface area (Å²) in [5.74, 6) is -1.56. The van der Waals surface area contributed by atoms with Crippen LogP contribution in [0.1, 0.15) is 20.7 Å². The van der Waals surface area contributed by atoms with E-state index in [9.17, 15) is 14.4 Å². The molecular formula is C13H16N2O4. The van der Waals surface area contributed by atoms with Crippen LogP contribution in [0.5, 0.6) is 0 Å². The molecule has 0 spiro atoms. The highest BCUT2D eigenvalue weighted by Crippen LogP contribution is 2.07. The number of nitrogens with zero attached hydrogens (tertiary/aromatic N) is 2. The average molecular weight is 264 g/mol. The largest absolute Gasteiger partial charge is 0.478 e. The highest BCUT2D eigenvalue weighted by Gasteiger charge is 2.16. The van der Waals surface area contributed by atoms with Crippen LogP contribution in [-0.2, 0) is 4.79 Å². The van der Waals surface area contributed by atoms with Crippen LogP contribution in [0.25, 0.3) is 0 Å². The Balaban J connectivity index is 2.77. The van der Waals surface area contributed by atoms with E-state index in [-0.39, 0.29) is 23.9 Å². The second-order valence-corrected chi connectivity index (χ2v) is 4.33. The van der Waals surface area contributed by atoms with Gasteiger partial charge in [-0.25, -0.2) is 4.79 Å². The number of carbonyl (C=O) groups excluding carboxylic acids is 2. The van der Waals surface area contributed by atoms with Gasteiger partial charge in [0.05, 0.1) is 12.1 Å². The molecule has 0 aliphatic carbocycles. The summed E-state index contributed by atoms with van der Waals surface area (Å²) in [7, 11) is 4.75. The normalized spacial score (nSPS) is 9.84. The van der Waals surface area contributed by atoms with Gasteiger partial charge in [-0.3, -0.25) is 9.59 Å². The number of benzene rings is 1. The van der Waals surface area contributed by atoms with E-state index in [1.807, 2.05) is 0 Å². The summed E-state index contributed by atoms with van der Waals surface area (Å²) >= 11 is 0. The highest BCUT2D eigenvalue weighted by molar-refractivity contribution is 5.97. The first-order valence-electron chi connectivity index (χ1n) is 5.62. The molecule has 0 aliphatic rings. The third-order valence-electron chi connectivity index (χ3n) is 2.60. The molecular weight excluding hydrogens is 248 g/mol. The first kappa shape index (κ1) is 14.7. The van der Waals surface area contributed by atoms with Gasteiger partial charge in [-0.15, -0.1) is 0 Å². The van der Waals surface area contributed by atoms with E-state index in [0.29, 0.717) is 5.56 Å². The second kappa shape index (κ2) is 5.99. The number of carbonyl (C=O) groups is 3. The van der Waals surface area contributed by atoms with Gasteiger partial charge in [0.25, 0.3) is 5.91 Å². The lowest BCUT2D eigenvalue weighted by Crippen LogP contribution is -2.37. The van der Waals surface area contributed by atoms with Crippen LogP contribution in [-0.4, -0.2) is 60.4 Å². The van der Waals surface area contributed by atoms with Crippen LogP contribution in [0.4, 0.5) is 0 Å². The molecule has 0 aliphatic heterocycles. The van der Waals surface area contributed by atoms with Gasteiger partial charge >= 0.3 is 5.97 Å². The zero-order chi connectivity index (χ0) is 14.6. The van der Waals surface area contributed by atoms with Crippen molar-refractivity contribution < 1.29 is 19.5 Å². The molecule has 102 valence electrons. The van der Waals surface area contributed by atoms with Gasteiger partial charge < -0.3 is 14.9 Å². The Hall–Kier alpha value is -2.37. The number of rotatable bonds is 4. The van der Waals surface area contributed by atoms with E-state index in [2.05, 4.69) is 0 Å². The summed E-state index contributed by atoms with van der Waals surface area (Å²) in [5, 5.41) is 8.76. The van der Waals surface area contributed by atoms with Gasteiger partial charge in [-0.1, -0.05) is 0 Å². The maximum Gasteiger partial charge on any atom is 0.335 e. The minimum absolute atomic E-state index is 0.0213. The van der Waals surface area contributed by atoms with Crippen molar-refractivity contribution in [3.8, 4) is 0 Å². The molecule has 0 radical (unpaired) electrons. The number of hydrogen-bond donors (Lipinski definition) is 1. The molecule has 1 rings (SSSR count). The molecule has 0 atom stereocenters. The minimum atomic E-state index is -1.05. The molecule has 1 aromatic carbocycles. The Morgan fingerprint density at radius 2 is 1.47 bits per heavy atom. The maximum absolute atomic E-state index is 12.0. The lowest BCUT2D eigenvalue weighted by Gasteiger charge is -2.19. The van der Waals surface area contributed by atoms with Crippen molar-refractivity contribution in [1.82, 2.24) is 9.80 Å². The zero-order valence-corrected chi connectivity index (χ0v) is 11.1. The predicted octanol–water partition coefficient (Wildman–Crippen LogP) is 0.545. The minimum Gasteiger partial charge on any atom is -0.478 e. The molecule has 0 saturated carbocycles. The predicted molar refractivity (Wildman–Crippen MR) is 69.1 cm³/mol. The quantitative estimate of drug-likeness (QED) is 0.861. The van der Waals surface area contributed by atoms with Crippen LogP contribution in [0, 0.1) is 0 Å². The van der Waals surface area contributed by atoms with Crippen molar-refractivity contribution in [3.63, 3.8) is 0 Å². The van der Waals surface area contributed by atoms with Gasteiger partial charge in [0.15, 0.2) is 0 Å². The molecule has 1 aromatic rings. The van der Waals surface area contributed by atoms with Crippen LogP contribution in [0.15, 0.2) is 24.3 Å². The number of hydrogen-bond acceptors (Lipinski definition) is 3. The third-order valence-corrected chi connectivity index (χ3v) is 2.60. The smallest absolute Gasteiger partial charge is 0.335 e. The first-order chi connectivity index (χ1) is 8.82. The summed E-state index contributed by atoms with van der Waals surface area (Å²) in [6.07, 6.45) is 0. The Labute approximate surface area is 111 Å². The summed E-state index contributed by atoms with van der Waals surface area (Å²) < 4.78 is 0. The standard InChI is InChI=1S/C13H16N2O4/c1-14(2)11(16)8-15(3)12(17)9-4-6-10(7-5-9)13(18)19/h4-7H,8H2,1-3H3,(H,18,19). The number of carboxylic acids is 1. The maximum atomic E-state index is 12.0. The molecule has 0 bridgehead atoms. The molecule has 0 saturated heterocycles. The Kier molecular flexibility index (Phi) is 4.63. The summed E-state index contributed by atoms with van der Waals surface area (Å²) in [6.45, 7) is -0.0213. The van der Waals surface area contributed by atoms with Gasteiger partial charge in [0.1, 0.15) is 0 Å². The lowest BCUT2D eigenvalue weighted by atomic mass is 10.1. The van der Waals surface area contributed by atoms with Crippen molar-refractivity contribution >= 4 is 17.8 Å². The zero-order valence-electron chi connectivity index (χ0n) is 11.1. The average Bonchev–Trinajstić information content (AvgIpc) is 2.37. The molecule has 0 unspecified atom stereocenters. The van der Waals surface area contributed by atoms with Crippen LogP contribution < -0.4 is 0 Å². The van der Waals surface area contributed by atoms with Crippen LogP contribution >= 0.6 is 0 Å². The summed E-state index contributed by atoms with van der Waals surface area (Å²) in [6, 6.07) is 5.58. The lowest BCUT2D eigenvalue weighted by molar-refractivity contribution is -0.129. The van der Waals surface area contributed by atoms with Crippen molar-refractivity contribution in [2.24, 2.45) is 0 Å². The van der Waals surface area contributed by atoms with Crippen LogP contribution in [0.3, 0.4) is 0 Å². The molecule has 6 heteroatoms. The van der Waals surface area contributed by atoms with E-state index in [0.717, 1.165) is 0 Å². The molecule has 19 heavy (non-hydrogen) atoms. The summed E-state index contributed by atoms with van der Waals surface area (Å²) in [5.41, 5.74) is 0.461. The monoisotopic (exact) mass is 264 g/mol. The van der Waals surface area contributed by atoms with E-state index >= 15 is 0 Å². The molecule has 0 heterocycles. The SMILES string of the molecule is CN(C)C(=O)CN(C)C(=O)c1ccc(C(=O)O)cc1. The fourth-order valence-electron chi connectivity index (χ4n) is 1.39. The third kappa shape index (κ3) is 3.80. The molecule has 0 fully saturated rings. The Bertz CT molecular complexity index is 494. The van der Waals surface area contributed by atoms with Crippen molar-refractivity contribution in [2.75, 3.05) is 27.7 Å². The number of carboxylic acid groups (broad SMARTS) is 1. The first-order valence-corrected chi connectivity index (χ1v) is 5.62. The highest BCUT2D eigenvalue weighted by atomic mass is 16.4. The van der Waals surface area contributed by atoms with Gasteiger partial charge in [-0.2, -0.15) is 0 Å². The number of amides is 2. The van der Waals surface area contributed by atoms with Gasteiger partial charge in [0, 0.05) is 26.7 Å². The Morgan fingerprint density at radius 3 is 1.89 bits per heavy atom. The van der Waals surface area contributed by atoms with E-state index in [4.69, 9.17) is 5.11 Å². The fraction of sp³-hybridized carbons (Fsp3) is 0.308. The molecule has 6 nitrogen and oxygen atoms in total. The van der Waals surface area contributed by atoms with E-state index < -0.39 is 5.97 Å². The van der Waals surface area contributed by atoms with Crippen LogP contribution in [0.2, 0.25) is 0 Å². The molecule has 0 aromatic heterocycles. The summed E-state index contributed by atoms with van der Waals surface area (Å²) in [4.78, 5) is 36.9. The molecule has 1 N–H and O–H groups in total.